The molecule has 2 fully saturated rings. The van der Waals surface area contributed by atoms with Gasteiger partial charge in [0.15, 0.2) is 0 Å². The van der Waals surface area contributed by atoms with Gasteiger partial charge in [0.1, 0.15) is 5.75 Å². The minimum absolute atomic E-state index is 0.0499. The number of hydrogen-bond acceptors (Lipinski definition) is 4. The van der Waals surface area contributed by atoms with Crippen LogP contribution in [0.3, 0.4) is 0 Å². The molecule has 0 radical (unpaired) electrons. The maximum absolute atomic E-state index is 12.1. The van der Waals surface area contributed by atoms with Gasteiger partial charge in [-0.15, -0.1) is 0 Å². The number of nitrogens with zero attached hydrogens (tertiary/aromatic N) is 1. The van der Waals surface area contributed by atoms with Gasteiger partial charge >= 0.3 is 6.03 Å². The van der Waals surface area contributed by atoms with E-state index in [1.54, 1.807) is 4.90 Å². The van der Waals surface area contributed by atoms with Crippen molar-refractivity contribution in [3.05, 3.63) is 29.8 Å². The molecular weight excluding hydrogens is 346 g/mol. The Morgan fingerprint density at radius 1 is 1.11 bits per heavy atom. The summed E-state index contributed by atoms with van der Waals surface area (Å²) in [5.41, 5.74) is 0.962. The van der Waals surface area contributed by atoms with E-state index in [-0.39, 0.29) is 18.0 Å². The highest BCUT2D eigenvalue weighted by molar-refractivity contribution is 5.78. The number of ether oxygens (including phenoxy) is 2. The van der Waals surface area contributed by atoms with Gasteiger partial charge < -0.3 is 25.0 Å². The molecule has 1 heterocycles. The van der Waals surface area contributed by atoms with Crippen LogP contribution in [0.4, 0.5) is 4.79 Å². The Morgan fingerprint density at radius 2 is 1.85 bits per heavy atom. The average Bonchev–Trinajstić information content (AvgIpc) is 3.21. The zero-order valence-electron chi connectivity index (χ0n) is 15.7. The first-order valence-corrected chi connectivity index (χ1v) is 9.84. The molecular formula is C20H29N3O4. The summed E-state index contributed by atoms with van der Waals surface area (Å²) in [6.45, 7) is 3.14. The molecule has 0 atom stereocenters. The lowest BCUT2D eigenvalue weighted by Gasteiger charge is -2.26. The van der Waals surface area contributed by atoms with Crippen LogP contribution in [0.25, 0.3) is 0 Å². The lowest BCUT2D eigenvalue weighted by atomic mass is 10.2. The van der Waals surface area contributed by atoms with E-state index in [0.29, 0.717) is 45.8 Å². The number of benzene rings is 1. The van der Waals surface area contributed by atoms with E-state index in [9.17, 15) is 9.59 Å². The molecule has 1 aromatic carbocycles. The van der Waals surface area contributed by atoms with Crippen LogP contribution in [0.2, 0.25) is 0 Å². The number of para-hydroxylation sites is 1. The fourth-order valence-electron chi connectivity index (χ4n) is 3.44. The Bertz CT molecular complexity index is 625. The third-order valence-electron chi connectivity index (χ3n) is 5.00. The molecule has 0 aromatic heterocycles. The van der Waals surface area contributed by atoms with Crippen molar-refractivity contribution < 1.29 is 19.1 Å². The average molecular weight is 375 g/mol. The van der Waals surface area contributed by atoms with Gasteiger partial charge in [-0.1, -0.05) is 18.2 Å². The highest BCUT2D eigenvalue weighted by Crippen LogP contribution is 2.26. The third-order valence-corrected chi connectivity index (χ3v) is 5.00. The van der Waals surface area contributed by atoms with Crippen LogP contribution in [0.15, 0.2) is 24.3 Å². The number of morpholine rings is 1. The maximum atomic E-state index is 12.1. The number of nitrogens with one attached hydrogen (secondary N) is 2. The van der Waals surface area contributed by atoms with E-state index >= 15 is 0 Å². The van der Waals surface area contributed by atoms with Crippen molar-refractivity contribution in [3.8, 4) is 5.75 Å². The first-order chi connectivity index (χ1) is 13.2. The number of amides is 3. The fourth-order valence-corrected chi connectivity index (χ4v) is 3.44. The summed E-state index contributed by atoms with van der Waals surface area (Å²) in [5, 5.41) is 5.59. The number of urea groups is 1. The van der Waals surface area contributed by atoms with E-state index < -0.39 is 0 Å². The Balaban J connectivity index is 1.38. The molecule has 1 aliphatic carbocycles. The van der Waals surface area contributed by atoms with Crippen LogP contribution in [-0.4, -0.2) is 55.8 Å². The van der Waals surface area contributed by atoms with Crippen molar-refractivity contribution in [3.63, 3.8) is 0 Å². The molecule has 1 aromatic rings. The van der Waals surface area contributed by atoms with Gasteiger partial charge in [-0.05, 0) is 31.7 Å². The van der Waals surface area contributed by atoms with E-state index in [0.717, 1.165) is 24.2 Å². The molecule has 0 unspecified atom stereocenters. The molecule has 1 saturated carbocycles. The molecule has 3 amide bonds. The van der Waals surface area contributed by atoms with Crippen molar-refractivity contribution in [1.29, 1.82) is 0 Å². The van der Waals surface area contributed by atoms with Crippen LogP contribution in [0, 0.1) is 0 Å². The largest absolute Gasteiger partial charge is 0.490 e. The molecule has 7 nitrogen and oxygen atoms in total. The second kappa shape index (κ2) is 10.2. The molecule has 7 heteroatoms. The summed E-state index contributed by atoms with van der Waals surface area (Å²) in [6.07, 6.45) is 5.22. The van der Waals surface area contributed by atoms with Crippen LogP contribution >= 0.6 is 0 Å². The lowest BCUT2D eigenvalue weighted by Crippen LogP contribution is -2.43. The Labute approximate surface area is 160 Å². The highest BCUT2D eigenvalue weighted by atomic mass is 16.5. The van der Waals surface area contributed by atoms with Crippen LogP contribution < -0.4 is 15.4 Å². The maximum Gasteiger partial charge on any atom is 0.315 e. The highest BCUT2D eigenvalue weighted by Gasteiger charge is 2.18. The topological polar surface area (TPSA) is 79.9 Å². The Hall–Kier alpha value is -2.28. The summed E-state index contributed by atoms with van der Waals surface area (Å²) in [7, 11) is 0. The van der Waals surface area contributed by atoms with Gasteiger partial charge in [0.05, 0.1) is 19.3 Å². The van der Waals surface area contributed by atoms with Gasteiger partial charge in [0.2, 0.25) is 5.91 Å². The number of carbonyl (C=O) groups excluding carboxylic acids is 2. The summed E-state index contributed by atoms with van der Waals surface area (Å²) < 4.78 is 11.3. The Kier molecular flexibility index (Phi) is 7.33. The molecule has 0 spiro atoms. The van der Waals surface area contributed by atoms with Crippen molar-refractivity contribution in [2.75, 3.05) is 32.8 Å². The van der Waals surface area contributed by atoms with Gasteiger partial charge in [0.25, 0.3) is 0 Å². The number of rotatable bonds is 7. The van der Waals surface area contributed by atoms with Gasteiger partial charge in [0, 0.05) is 38.2 Å². The minimum atomic E-state index is -0.277. The van der Waals surface area contributed by atoms with Crippen LogP contribution in [-0.2, 0) is 16.1 Å². The van der Waals surface area contributed by atoms with E-state index in [1.165, 1.54) is 12.8 Å². The normalized spacial score (nSPS) is 17.6. The second-order valence-electron chi connectivity index (χ2n) is 6.98. The van der Waals surface area contributed by atoms with E-state index in [2.05, 4.69) is 10.6 Å². The van der Waals surface area contributed by atoms with Crippen molar-refractivity contribution in [1.82, 2.24) is 15.5 Å². The Morgan fingerprint density at radius 3 is 2.63 bits per heavy atom. The molecule has 2 aliphatic rings. The standard InChI is InChI=1S/C20H29N3O4/c24-19(23-11-13-26-14-12-23)9-10-21-20(25)22-15-16-5-1-4-8-18(16)27-17-6-2-3-7-17/h1,4-5,8,17H,2-3,6-7,9-15H2,(H2,21,22,25). The second-order valence-corrected chi connectivity index (χ2v) is 6.98. The van der Waals surface area contributed by atoms with E-state index in [1.807, 2.05) is 24.3 Å². The molecule has 1 saturated heterocycles. The van der Waals surface area contributed by atoms with Gasteiger partial charge in [-0.3, -0.25) is 4.79 Å². The number of carbonyl (C=O) groups is 2. The first kappa shape index (κ1) is 19.5. The van der Waals surface area contributed by atoms with Crippen LogP contribution in [0.1, 0.15) is 37.7 Å². The first-order valence-electron chi connectivity index (χ1n) is 9.84. The van der Waals surface area contributed by atoms with E-state index in [4.69, 9.17) is 9.47 Å². The van der Waals surface area contributed by atoms with Crippen LogP contribution in [0.5, 0.6) is 5.75 Å². The van der Waals surface area contributed by atoms with Gasteiger partial charge in [-0.2, -0.15) is 0 Å². The van der Waals surface area contributed by atoms with Crippen molar-refractivity contribution in [2.45, 2.75) is 44.8 Å². The third kappa shape index (κ3) is 6.13. The SMILES string of the molecule is O=C(NCCC(=O)N1CCOCC1)NCc1ccccc1OC1CCCC1. The fraction of sp³-hybridized carbons (Fsp3) is 0.600. The zero-order chi connectivity index (χ0) is 18.9. The molecule has 3 rings (SSSR count). The zero-order valence-corrected chi connectivity index (χ0v) is 15.7. The summed E-state index contributed by atoms with van der Waals surface area (Å²) in [5.74, 6) is 0.890. The molecule has 27 heavy (non-hydrogen) atoms. The monoisotopic (exact) mass is 375 g/mol. The smallest absolute Gasteiger partial charge is 0.315 e. The van der Waals surface area contributed by atoms with Crippen molar-refractivity contribution >= 4 is 11.9 Å². The molecule has 1 aliphatic heterocycles. The lowest BCUT2D eigenvalue weighted by molar-refractivity contribution is -0.135. The van der Waals surface area contributed by atoms with Crippen molar-refractivity contribution in [2.24, 2.45) is 0 Å². The minimum Gasteiger partial charge on any atom is -0.490 e. The molecule has 0 bridgehead atoms. The quantitative estimate of drug-likeness (QED) is 0.764. The molecule has 148 valence electrons. The number of hydrogen-bond donors (Lipinski definition) is 2. The van der Waals surface area contributed by atoms with Gasteiger partial charge in [-0.25, -0.2) is 4.79 Å². The predicted octanol–water partition coefficient (Wildman–Crippen LogP) is 2.06. The molecule has 2 N–H and O–H groups in total. The summed E-state index contributed by atoms with van der Waals surface area (Å²) in [4.78, 5) is 25.8. The summed E-state index contributed by atoms with van der Waals surface area (Å²) >= 11 is 0. The predicted molar refractivity (Wildman–Crippen MR) is 102 cm³/mol. The summed E-state index contributed by atoms with van der Waals surface area (Å²) in [6, 6.07) is 7.53.